The van der Waals surface area contributed by atoms with Crippen LogP contribution in [-0.4, -0.2) is 43.5 Å². The molecule has 1 aliphatic carbocycles. The molecule has 0 bridgehead atoms. The lowest BCUT2D eigenvalue weighted by Crippen LogP contribution is -2.34. The first-order valence-corrected chi connectivity index (χ1v) is 9.54. The highest BCUT2D eigenvalue weighted by Gasteiger charge is 2.76. The third-order valence-corrected chi connectivity index (χ3v) is 4.64. The zero-order valence-corrected chi connectivity index (χ0v) is 16.6. The molecule has 0 N–H and O–H groups in total. The molecule has 0 saturated heterocycles. The highest BCUT2D eigenvalue weighted by Crippen LogP contribution is 2.61. The van der Waals surface area contributed by atoms with Gasteiger partial charge in [-0.15, -0.1) is 0 Å². The van der Waals surface area contributed by atoms with Crippen molar-refractivity contribution < 1.29 is 33.4 Å². The number of unbranched alkanes of at least 4 members (excludes halogenated alkanes) is 2. The summed E-state index contributed by atoms with van der Waals surface area (Å²) in [6.07, 6.45) is 6.14. The molecule has 152 valence electrons. The van der Waals surface area contributed by atoms with Gasteiger partial charge in [-0.05, 0) is 26.3 Å². The van der Waals surface area contributed by atoms with Gasteiger partial charge in [-0.25, -0.2) is 0 Å². The molecule has 2 atom stereocenters. The molecule has 27 heavy (non-hydrogen) atoms. The SMILES string of the molecule is CCCCCC(=O)C=C[C@@H]1[C@@H](COC(C)=O)C1(C(=O)OCC)C(=O)OCC. The summed E-state index contributed by atoms with van der Waals surface area (Å²) in [5.74, 6) is -3.23. The van der Waals surface area contributed by atoms with E-state index in [2.05, 4.69) is 6.92 Å². The molecule has 0 aromatic carbocycles. The van der Waals surface area contributed by atoms with E-state index in [1.165, 1.54) is 13.0 Å². The lowest BCUT2D eigenvalue weighted by Gasteiger charge is -2.15. The maximum atomic E-state index is 12.6. The zero-order chi connectivity index (χ0) is 20.4. The number of allylic oxidation sites excluding steroid dienone is 2. The number of carbonyl (C=O) groups is 4. The highest BCUT2D eigenvalue weighted by molar-refractivity contribution is 6.05. The van der Waals surface area contributed by atoms with E-state index in [4.69, 9.17) is 14.2 Å². The van der Waals surface area contributed by atoms with E-state index in [0.29, 0.717) is 6.42 Å². The minimum Gasteiger partial charge on any atom is -0.466 e. The van der Waals surface area contributed by atoms with Crippen molar-refractivity contribution in [1.82, 2.24) is 0 Å². The lowest BCUT2D eigenvalue weighted by atomic mass is 10.0. The van der Waals surface area contributed by atoms with E-state index >= 15 is 0 Å². The molecule has 0 unspecified atom stereocenters. The smallest absolute Gasteiger partial charge is 0.324 e. The van der Waals surface area contributed by atoms with Crippen molar-refractivity contribution >= 4 is 23.7 Å². The largest absolute Gasteiger partial charge is 0.466 e. The Morgan fingerprint density at radius 1 is 0.926 bits per heavy atom. The summed E-state index contributed by atoms with van der Waals surface area (Å²) in [6.45, 7) is 6.67. The van der Waals surface area contributed by atoms with Crippen LogP contribution in [0, 0.1) is 17.3 Å². The Hall–Kier alpha value is -2.18. The molecule has 1 aliphatic rings. The van der Waals surface area contributed by atoms with Crippen LogP contribution in [0.25, 0.3) is 0 Å². The zero-order valence-electron chi connectivity index (χ0n) is 16.6. The predicted molar refractivity (Wildman–Crippen MR) is 97.6 cm³/mol. The van der Waals surface area contributed by atoms with Gasteiger partial charge in [0.2, 0.25) is 0 Å². The average molecular weight is 382 g/mol. The van der Waals surface area contributed by atoms with Crippen LogP contribution in [-0.2, 0) is 33.4 Å². The van der Waals surface area contributed by atoms with E-state index in [1.54, 1.807) is 19.9 Å². The van der Waals surface area contributed by atoms with Crippen LogP contribution < -0.4 is 0 Å². The van der Waals surface area contributed by atoms with E-state index < -0.39 is 35.2 Å². The predicted octanol–water partition coefficient (Wildman–Crippen LogP) is 2.61. The molecule has 7 nitrogen and oxygen atoms in total. The summed E-state index contributed by atoms with van der Waals surface area (Å²) in [6, 6.07) is 0. The number of ketones is 1. The van der Waals surface area contributed by atoms with Gasteiger partial charge in [-0.3, -0.25) is 19.2 Å². The van der Waals surface area contributed by atoms with Crippen LogP contribution in [0.5, 0.6) is 0 Å². The number of carbonyl (C=O) groups excluding carboxylic acids is 4. The van der Waals surface area contributed by atoms with Gasteiger partial charge in [0, 0.05) is 25.2 Å². The molecule has 0 spiro atoms. The van der Waals surface area contributed by atoms with Gasteiger partial charge >= 0.3 is 17.9 Å². The fourth-order valence-corrected chi connectivity index (χ4v) is 3.22. The van der Waals surface area contributed by atoms with Crippen LogP contribution in [0.2, 0.25) is 0 Å². The Kier molecular flexibility index (Phi) is 9.18. The van der Waals surface area contributed by atoms with E-state index in [-0.39, 0.29) is 25.6 Å². The lowest BCUT2D eigenvalue weighted by molar-refractivity contribution is -0.166. The van der Waals surface area contributed by atoms with Crippen LogP contribution in [0.15, 0.2) is 12.2 Å². The van der Waals surface area contributed by atoms with Crippen LogP contribution in [0.3, 0.4) is 0 Å². The molecule has 0 radical (unpaired) electrons. The molecule has 0 heterocycles. The Morgan fingerprint density at radius 2 is 1.52 bits per heavy atom. The Bertz CT molecular complexity index is 561. The standard InChI is InChI=1S/C20H30O7/c1-5-8-9-10-15(22)11-12-16-17(13-27-14(4)21)20(16,18(23)25-6-2)19(24)26-7-3/h11-12,16-17H,5-10,13H2,1-4H3/t16-,17-/m1/s1. The molecular formula is C20H30O7. The normalized spacial score (nSPS) is 20.1. The summed E-state index contributed by atoms with van der Waals surface area (Å²) < 4.78 is 15.2. The summed E-state index contributed by atoms with van der Waals surface area (Å²) in [7, 11) is 0. The average Bonchev–Trinajstić information content (AvgIpc) is 3.27. The highest BCUT2D eigenvalue weighted by atomic mass is 16.6. The number of hydrogen-bond donors (Lipinski definition) is 0. The van der Waals surface area contributed by atoms with Gasteiger partial charge < -0.3 is 14.2 Å². The first-order chi connectivity index (χ1) is 12.9. The van der Waals surface area contributed by atoms with Gasteiger partial charge in [0.25, 0.3) is 0 Å². The fourth-order valence-electron chi connectivity index (χ4n) is 3.22. The molecule has 0 aromatic heterocycles. The van der Waals surface area contributed by atoms with Crippen molar-refractivity contribution in [3.05, 3.63) is 12.2 Å². The van der Waals surface area contributed by atoms with Crippen molar-refractivity contribution in [2.24, 2.45) is 17.3 Å². The maximum Gasteiger partial charge on any atom is 0.324 e. The summed E-state index contributed by atoms with van der Waals surface area (Å²) in [5, 5.41) is 0. The van der Waals surface area contributed by atoms with Crippen molar-refractivity contribution in [2.75, 3.05) is 19.8 Å². The third-order valence-electron chi connectivity index (χ3n) is 4.64. The van der Waals surface area contributed by atoms with Crippen molar-refractivity contribution in [1.29, 1.82) is 0 Å². The quantitative estimate of drug-likeness (QED) is 0.168. The molecule has 0 aromatic rings. The Morgan fingerprint density at radius 3 is 2.00 bits per heavy atom. The molecule has 1 fully saturated rings. The summed E-state index contributed by atoms with van der Waals surface area (Å²) in [4.78, 5) is 48.4. The molecular weight excluding hydrogens is 352 g/mol. The van der Waals surface area contributed by atoms with Gasteiger partial charge in [-0.2, -0.15) is 0 Å². The van der Waals surface area contributed by atoms with Crippen LogP contribution in [0.4, 0.5) is 0 Å². The topological polar surface area (TPSA) is 96.0 Å². The summed E-state index contributed by atoms with van der Waals surface area (Å²) in [5.41, 5.74) is -1.57. The van der Waals surface area contributed by atoms with E-state index in [1.807, 2.05) is 0 Å². The number of esters is 3. The fraction of sp³-hybridized carbons (Fsp3) is 0.700. The Labute approximate surface area is 160 Å². The first-order valence-electron chi connectivity index (χ1n) is 9.54. The molecule has 0 aliphatic heterocycles. The van der Waals surface area contributed by atoms with E-state index in [9.17, 15) is 19.2 Å². The number of ether oxygens (including phenoxy) is 3. The van der Waals surface area contributed by atoms with Crippen molar-refractivity contribution in [2.45, 2.75) is 53.4 Å². The second kappa shape index (κ2) is 10.8. The van der Waals surface area contributed by atoms with Crippen LogP contribution in [0.1, 0.15) is 53.4 Å². The monoisotopic (exact) mass is 382 g/mol. The molecule has 1 saturated carbocycles. The van der Waals surface area contributed by atoms with Gasteiger partial charge in [0.05, 0.1) is 19.8 Å². The Balaban J connectivity index is 3.02. The minimum absolute atomic E-state index is 0.0665. The summed E-state index contributed by atoms with van der Waals surface area (Å²) >= 11 is 0. The second-order valence-corrected chi connectivity index (χ2v) is 6.53. The van der Waals surface area contributed by atoms with Crippen molar-refractivity contribution in [3.8, 4) is 0 Å². The van der Waals surface area contributed by atoms with E-state index in [0.717, 1.165) is 19.3 Å². The third kappa shape index (κ3) is 5.65. The maximum absolute atomic E-state index is 12.6. The molecule has 7 heteroatoms. The van der Waals surface area contributed by atoms with Gasteiger partial charge in [0.15, 0.2) is 11.2 Å². The van der Waals surface area contributed by atoms with Gasteiger partial charge in [-0.1, -0.05) is 25.8 Å². The second-order valence-electron chi connectivity index (χ2n) is 6.53. The molecule has 0 amide bonds. The minimum atomic E-state index is -1.57. The number of rotatable bonds is 12. The van der Waals surface area contributed by atoms with Gasteiger partial charge in [0.1, 0.15) is 0 Å². The molecule has 1 rings (SSSR count). The van der Waals surface area contributed by atoms with Crippen molar-refractivity contribution in [3.63, 3.8) is 0 Å². The van der Waals surface area contributed by atoms with Crippen LogP contribution >= 0.6 is 0 Å². The number of hydrogen-bond acceptors (Lipinski definition) is 7. The first kappa shape index (κ1) is 22.9.